The highest BCUT2D eigenvalue weighted by atomic mass is 16.5. The molecule has 1 aliphatic rings. The lowest BCUT2D eigenvalue weighted by Gasteiger charge is -2.29. The second-order valence-electron chi connectivity index (χ2n) is 7.17. The summed E-state index contributed by atoms with van der Waals surface area (Å²) in [5.41, 5.74) is 5.22. The van der Waals surface area contributed by atoms with Gasteiger partial charge in [-0.25, -0.2) is 9.67 Å². The van der Waals surface area contributed by atoms with Gasteiger partial charge in [0.25, 0.3) is 0 Å². The standard InChI is InChI=1S/C21H22N6O/c1-15-4-3-5-17(10-15)18-13-22-26(14-18)19-12-21(25-6-8-28-9-7-25)27-20(23-19)11-16(2)24-27/h3-5,10-14H,6-9H2,1-2H3. The average molecular weight is 374 g/mol. The van der Waals surface area contributed by atoms with Gasteiger partial charge < -0.3 is 9.64 Å². The predicted octanol–water partition coefficient (Wildman–Crippen LogP) is 3.04. The summed E-state index contributed by atoms with van der Waals surface area (Å²) >= 11 is 0. The van der Waals surface area contributed by atoms with E-state index in [-0.39, 0.29) is 0 Å². The van der Waals surface area contributed by atoms with Crippen LogP contribution in [0.4, 0.5) is 5.82 Å². The zero-order chi connectivity index (χ0) is 19.1. The molecule has 0 unspecified atom stereocenters. The molecule has 5 rings (SSSR count). The number of hydrogen-bond acceptors (Lipinski definition) is 5. The molecule has 4 heterocycles. The van der Waals surface area contributed by atoms with Crippen LogP contribution in [0.1, 0.15) is 11.3 Å². The number of fused-ring (bicyclic) bond motifs is 1. The zero-order valence-corrected chi connectivity index (χ0v) is 16.0. The molecule has 0 spiro atoms. The topological polar surface area (TPSA) is 60.5 Å². The summed E-state index contributed by atoms with van der Waals surface area (Å²) in [6.45, 7) is 7.20. The van der Waals surface area contributed by atoms with Crippen molar-refractivity contribution < 1.29 is 4.74 Å². The number of aromatic nitrogens is 5. The summed E-state index contributed by atoms with van der Waals surface area (Å²) in [5, 5.41) is 9.20. The third-order valence-corrected chi connectivity index (χ3v) is 5.02. The number of anilines is 1. The second-order valence-corrected chi connectivity index (χ2v) is 7.17. The van der Waals surface area contributed by atoms with Gasteiger partial charge in [0.15, 0.2) is 11.5 Å². The van der Waals surface area contributed by atoms with E-state index in [1.54, 1.807) is 0 Å². The summed E-state index contributed by atoms with van der Waals surface area (Å²) in [5.74, 6) is 1.80. The van der Waals surface area contributed by atoms with Gasteiger partial charge in [0, 0.05) is 37.0 Å². The van der Waals surface area contributed by atoms with Crippen LogP contribution in [0.5, 0.6) is 0 Å². The van der Waals surface area contributed by atoms with Crippen molar-refractivity contribution in [3.8, 4) is 16.9 Å². The molecule has 1 saturated heterocycles. The molecule has 0 N–H and O–H groups in total. The van der Waals surface area contributed by atoms with E-state index in [9.17, 15) is 0 Å². The van der Waals surface area contributed by atoms with Crippen molar-refractivity contribution in [3.63, 3.8) is 0 Å². The fourth-order valence-electron chi connectivity index (χ4n) is 3.62. The molecule has 0 aliphatic carbocycles. The van der Waals surface area contributed by atoms with Crippen molar-refractivity contribution in [2.45, 2.75) is 13.8 Å². The van der Waals surface area contributed by atoms with Crippen molar-refractivity contribution >= 4 is 11.5 Å². The minimum atomic E-state index is 0.721. The Labute approximate surface area is 163 Å². The van der Waals surface area contributed by atoms with Crippen LogP contribution >= 0.6 is 0 Å². The Bertz CT molecular complexity index is 1140. The molecule has 142 valence electrons. The van der Waals surface area contributed by atoms with Gasteiger partial charge in [-0.3, -0.25) is 0 Å². The first-order valence-corrected chi connectivity index (χ1v) is 9.49. The average Bonchev–Trinajstić information content (AvgIpc) is 3.34. The fraction of sp³-hybridized carbons (Fsp3) is 0.286. The Morgan fingerprint density at radius 3 is 2.68 bits per heavy atom. The van der Waals surface area contributed by atoms with Crippen LogP contribution in [0, 0.1) is 13.8 Å². The summed E-state index contributed by atoms with van der Waals surface area (Å²) in [6, 6.07) is 12.5. The van der Waals surface area contributed by atoms with E-state index in [0.29, 0.717) is 0 Å². The molecule has 0 saturated carbocycles. The van der Waals surface area contributed by atoms with Gasteiger partial charge >= 0.3 is 0 Å². The van der Waals surface area contributed by atoms with Crippen LogP contribution in [0.15, 0.2) is 48.8 Å². The Kier molecular flexibility index (Phi) is 4.09. The van der Waals surface area contributed by atoms with Crippen molar-refractivity contribution in [1.82, 2.24) is 24.4 Å². The summed E-state index contributed by atoms with van der Waals surface area (Å²) in [4.78, 5) is 7.08. The van der Waals surface area contributed by atoms with Crippen molar-refractivity contribution in [3.05, 3.63) is 60.0 Å². The maximum atomic E-state index is 5.51. The molecule has 1 aliphatic heterocycles. The molecular formula is C21H22N6O. The molecule has 3 aromatic heterocycles. The number of morpholine rings is 1. The molecule has 0 radical (unpaired) electrons. The Morgan fingerprint density at radius 1 is 1.00 bits per heavy atom. The van der Waals surface area contributed by atoms with Crippen molar-refractivity contribution in [2.75, 3.05) is 31.2 Å². The van der Waals surface area contributed by atoms with Crippen LogP contribution < -0.4 is 4.90 Å². The summed E-state index contributed by atoms with van der Waals surface area (Å²) in [6.07, 6.45) is 3.91. The van der Waals surface area contributed by atoms with E-state index in [2.05, 4.69) is 52.4 Å². The Morgan fingerprint density at radius 2 is 1.86 bits per heavy atom. The maximum absolute atomic E-state index is 5.51. The summed E-state index contributed by atoms with van der Waals surface area (Å²) < 4.78 is 9.26. The van der Waals surface area contributed by atoms with Crippen molar-refractivity contribution in [1.29, 1.82) is 0 Å². The molecule has 0 bridgehead atoms. The lowest BCUT2D eigenvalue weighted by molar-refractivity contribution is 0.122. The first kappa shape index (κ1) is 16.9. The molecule has 7 heteroatoms. The third kappa shape index (κ3) is 3.03. The van der Waals surface area contributed by atoms with E-state index in [0.717, 1.165) is 60.4 Å². The Hall–Kier alpha value is -3.19. The second kappa shape index (κ2) is 6.76. The van der Waals surface area contributed by atoms with E-state index < -0.39 is 0 Å². The monoisotopic (exact) mass is 374 g/mol. The number of aryl methyl sites for hydroxylation is 2. The molecule has 0 amide bonds. The molecule has 4 aromatic rings. The van der Waals surface area contributed by atoms with Crippen LogP contribution in [0.25, 0.3) is 22.6 Å². The zero-order valence-electron chi connectivity index (χ0n) is 16.0. The highest BCUT2D eigenvalue weighted by Crippen LogP contribution is 2.24. The van der Waals surface area contributed by atoms with Gasteiger partial charge in [-0.15, -0.1) is 0 Å². The lowest BCUT2D eigenvalue weighted by Crippen LogP contribution is -2.37. The van der Waals surface area contributed by atoms with Crippen LogP contribution in [0.3, 0.4) is 0 Å². The van der Waals surface area contributed by atoms with Gasteiger partial charge in [0.2, 0.25) is 0 Å². The van der Waals surface area contributed by atoms with E-state index >= 15 is 0 Å². The van der Waals surface area contributed by atoms with Gasteiger partial charge in [-0.05, 0) is 19.4 Å². The largest absolute Gasteiger partial charge is 0.378 e. The molecule has 1 fully saturated rings. The number of rotatable bonds is 3. The van der Waals surface area contributed by atoms with E-state index in [4.69, 9.17) is 9.72 Å². The first-order valence-electron chi connectivity index (χ1n) is 9.49. The predicted molar refractivity (Wildman–Crippen MR) is 108 cm³/mol. The van der Waals surface area contributed by atoms with E-state index in [1.165, 1.54) is 5.56 Å². The molecular weight excluding hydrogens is 352 g/mol. The first-order chi connectivity index (χ1) is 13.7. The molecule has 1 aromatic carbocycles. The van der Waals surface area contributed by atoms with Crippen LogP contribution in [-0.2, 0) is 4.74 Å². The van der Waals surface area contributed by atoms with Crippen molar-refractivity contribution in [2.24, 2.45) is 0 Å². The maximum Gasteiger partial charge on any atom is 0.160 e. The normalized spacial score (nSPS) is 14.7. The quantitative estimate of drug-likeness (QED) is 0.552. The van der Waals surface area contributed by atoms with Crippen LogP contribution in [0.2, 0.25) is 0 Å². The highest BCUT2D eigenvalue weighted by molar-refractivity contribution is 5.63. The Balaban J connectivity index is 1.59. The van der Waals surface area contributed by atoms with E-state index in [1.807, 2.05) is 34.6 Å². The molecule has 7 nitrogen and oxygen atoms in total. The smallest absolute Gasteiger partial charge is 0.160 e. The minimum Gasteiger partial charge on any atom is -0.378 e. The number of hydrogen-bond donors (Lipinski definition) is 0. The van der Waals surface area contributed by atoms with Gasteiger partial charge in [0.1, 0.15) is 5.82 Å². The molecule has 28 heavy (non-hydrogen) atoms. The highest BCUT2D eigenvalue weighted by Gasteiger charge is 2.18. The lowest BCUT2D eigenvalue weighted by atomic mass is 10.1. The third-order valence-electron chi connectivity index (χ3n) is 5.02. The van der Waals surface area contributed by atoms with Gasteiger partial charge in [0.05, 0.1) is 25.1 Å². The van der Waals surface area contributed by atoms with Crippen LogP contribution in [-0.4, -0.2) is 50.7 Å². The fourth-order valence-corrected chi connectivity index (χ4v) is 3.62. The van der Waals surface area contributed by atoms with Gasteiger partial charge in [-0.2, -0.15) is 14.7 Å². The number of benzene rings is 1. The number of ether oxygens (including phenoxy) is 1. The number of nitrogens with zero attached hydrogens (tertiary/aromatic N) is 6. The minimum absolute atomic E-state index is 0.721. The molecule has 0 atom stereocenters. The van der Waals surface area contributed by atoms with Gasteiger partial charge in [-0.1, -0.05) is 29.8 Å². The SMILES string of the molecule is Cc1cccc(-c2cnn(-c3cc(N4CCOCC4)n4nc(C)cc4n3)c2)c1. The summed E-state index contributed by atoms with van der Waals surface area (Å²) in [7, 11) is 0.